The van der Waals surface area contributed by atoms with Crippen molar-refractivity contribution in [2.45, 2.75) is 65.1 Å². The number of piperazine rings is 1. The predicted octanol–water partition coefficient (Wildman–Crippen LogP) is 1.84. The number of hydrogen-bond donors (Lipinski definition) is 1. The van der Waals surface area contributed by atoms with Crippen LogP contribution in [0.4, 0.5) is 5.82 Å². The summed E-state index contributed by atoms with van der Waals surface area (Å²) < 4.78 is 7.36. The molecule has 158 valence electrons. The van der Waals surface area contributed by atoms with Crippen LogP contribution in [0.3, 0.4) is 0 Å². The number of carbonyl (C=O) groups is 1. The van der Waals surface area contributed by atoms with Crippen LogP contribution < -0.4 is 5.32 Å². The van der Waals surface area contributed by atoms with Gasteiger partial charge < -0.3 is 14.4 Å². The summed E-state index contributed by atoms with van der Waals surface area (Å²) in [6, 6.07) is 1.59. The predicted molar refractivity (Wildman–Crippen MR) is 108 cm³/mol. The number of nitrogens with one attached hydrogen (secondary N) is 1. The minimum atomic E-state index is -0.154. The summed E-state index contributed by atoms with van der Waals surface area (Å²) in [5, 5.41) is 15.6. The minimum absolute atomic E-state index is 0.0166. The van der Waals surface area contributed by atoms with E-state index in [1.807, 2.05) is 6.92 Å². The van der Waals surface area contributed by atoms with Gasteiger partial charge in [0.05, 0.1) is 12.6 Å². The first kappa shape index (κ1) is 20.0. The molecule has 1 amide bonds. The molecular formula is C20H31N7O2. The van der Waals surface area contributed by atoms with Gasteiger partial charge in [-0.3, -0.25) is 14.6 Å². The van der Waals surface area contributed by atoms with Gasteiger partial charge in [0.1, 0.15) is 17.4 Å². The summed E-state index contributed by atoms with van der Waals surface area (Å²) in [7, 11) is 0. The average molecular weight is 402 g/mol. The molecule has 0 aliphatic carbocycles. The number of anilines is 1. The van der Waals surface area contributed by atoms with Gasteiger partial charge in [-0.2, -0.15) is 0 Å². The molecule has 9 heteroatoms. The molecule has 1 fully saturated rings. The van der Waals surface area contributed by atoms with Crippen LogP contribution in [-0.4, -0.2) is 67.8 Å². The Balaban J connectivity index is 1.31. The standard InChI is InChI=1S/C20H31N7O2/c1-3-16(20(28)21-17-13-15(2)29-24-17)26-11-9-25(10-12-26)14-19-23-22-18-7-5-4-6-8-27(18)19/h13,16H,3-12,14H2,1-2H3,(H,21,24,28)/t16-/m0/s1. The zero-order chi connectivity index (χ0) is 20.2. The maximum absolute atomic E-state index is 12.7. The molecule has 9 nitrogen and oxygen atoms in total. The average Bonchev–Trinajstić information content (AvgIpc) is 3.21. The van der Waals surface area contributed by atoms with E-state index in [2.05, 4.69) is 42.0 Å². The molecule has 0 radical (unpaired) electrons. The van der Waals surface area contributed by atoms with Crippen molar-refractivity contribution in [2.75, 3.05) is 31.5 Å². The van der Waals surface area contributed by atoms with Crippen LogP contribution >= 0.6 is 0 Å². The molecule has 1 atom stereocenters. The highest BCUT2D eigenvalue weighted by Crippen LogP contribution is 2.18. The maximum atomic E-state index is 12.7. The molecule has 4 rings (SSSR count). The Bertz CT molecular complexity index is 823. The van der Waals surface area contributed by atoms with E-state index in [9.17, 15) is 4.79 Å². The number of hydrogen-bond acceptors (Lipinski definition) is 7. The lowest BCUT2D eigenvalue weighted by molar-refractivity contribution is -0.122. The van der Waals surface area contributed by atoms with E-state index in [1.54, 1.807) is 6.07 Å². The smallest absolute Gasteiger partial charge is 0.242 e. The van der Waals surface area contributed by atoms with Crippen LogP contribution in [0.2, 0.25) is 0 Å². The van der Waals surface area contributed by atoms with Crippen molar-refractivity contribution in [3.05, 3.63) is 23.5 Å². The van der Waals surface area contributed by atoms with Gasteiger partial charge in [-0.15, -0.1) is 10.2 Å². The fraction of sp³-hybridized carbons (Fsp3) is 0.700. The molecule has 2 aliphatic heterocycles. The van der Waals surface area contributed by atoms with Crippen LogP contribution in [-0.2, 0) is 24.3 Å². The Labute approximate surface area is 171 Å². The summed E-state index contributed by atoms with van der Waals surface area (Å²) in [6.07, 6.45) is 5.50. The molecule has 0 bridgehead atoms. The number of aryl methyl sites for hydroxylation is 2. The Morgan fingerprint density at radius 3 is 2.72 bits per heavy atom. The maximum Gasteiger partial charge on any atom is 0.242 e. The van der Waals surface area contributed by atoms with Gasteiger partial charge in [-0.25, -0.2) is 0 Å². The molecular weight excluding hydrogens is 370 g/mol. The van der Waals surface area contributed by atoms with Crippen molar-refractivity contribution in [3.8, 4) is 0 Å². The van der Waals surface area contributed by atoms with Crippen molar-refractivity contribution in [1.82, 2.24) is 29.7 Å². The van der Waals surface area contributed by atoms with Gasteiger partial charge in [0.25, 0.3) is 0 Å². The van der Waals surface area contributed by atoms with Gasteiger partial charge in [0.15, 0.2) is 5.82 Å². The summed E-state index contributed by atoms with van der Waals surface area (Å²) in [4.78, 5) is 17.4. The third-order valence-corrected chi connectivity index (χ3v) is 5.97. The van der Waals surface area contributed by atoms with Crippen LogP contribution in [0.15, 0.2) is 10.6 Å². The highest BCUT2D eigenvalue weighted by atomic mass is 16.5. The molecule has 0 spiro atoms. The van der Waals surface area contributed by atoms with Gasteiger partial charge in [0.2, 0.25) is 5.91 Å². The highest BCUT2D eigenvalue weighted by molar-refractivity contribution is 5.94. The molecule has 1 saturated heterocycles. The molecule has 2 aromatic heterocycles. The van der Waals surface area contributed by atoms with E-state index < -0.39 is 0 Å². The van der Waals surface area contributed by atoms with Gasteiger partial charge in [-0.1, -0.05) is 18.5 Å². The number of fused-ring (bicyclic) bond motifs is 1. The Morgan fingerprint density at radius 1 is 1.17 bits per heavy atom. The first-order chi connectivity index (χ1) is 14.1. The quantitative estimate of drug-likeness (QED) is 0.789. The van der Waals surface area contributed by atoms with E-state index in [4.69, 9.17) is 4.52 Å². The monoisotopic (exact) mass is 401 g/mol. The zero-order valence-corrected chi connectivity index (χ0v) is 17.4. The fourth-order valence-electron chi connectivity index (χ4n) is 4.34. The lowest BCUT2D eigenvalue weighted by Crippen LogP contribution is -2.53. The van der Waals surface area contributed by atoms with Crippen molar-refractivity contribution in [1.29, 1.82) is 0 Å². The Hall–Kier alpha value is -2.26. The third-order valence-electron chi connectivity index (χ3n) is 5.97. The number of nitrogens with zero attached hydrogens (tertiary/aromatic N) is 6. The SMILES string of the molecule is CC[C@@H](C(=O)Nc1cc(C)on1)N1CCN(Cc2nnc3n2CCCCC3)CC1. The molecule has 0 aromatic carbocycles. The van der Waals surface area contributed by atoms with Crippen LogP contribution in [0.1, 0.15) is 50.0 Å². The van der Waals surface area contributed by atoms with Gasteiger partial charge >= 0.3 is 0 Å². The van der Waals surface area contributed by atoms with Crippen LogP contribution in [0, 0.1) is 6.92 Å². The Morgan fingerprint density at radius 2 is 2.00 bits per heavy atom. The summed E-state index contributed by atoms with van der Waals surface area (Å²) in [6.45, 7) is 9.32. The van der Waals surface area contributed by atoms with E-state index in [-0.39, 0.29) is 11.9 Å². The van der Waals surface area contributed by atoms with E-state index in [0.717, 1.165) is 63.8 Å². The largest absolute Gasteiger partial charge is 0.360 e. The second-order valence-corrected chi connectivity index (χ2v) is 8.04. The molecule has 2 aromatic rings. The van der Waals surface area contributed by atoms with Crippen molar-refractivity contribution < 1.29 is 9.32 Å². The lowest BCUT2D eigenvalue weighted by atomic mass is 10.1. The van der Waals surface area contributed by atoms with Crippen molar-refractivity contribution >= 4 is 11.7 Å². The molecule has 1 N–H and O–H groups in total. The number of amides is 1. The minimum Gasteiger partial charge on any atom is -0.360 e. The molecule has 4 heterocycles. The van der Waals surface area contributed by atoms with E-state index >= 15 is 0 Å². The molecule has 0 unspecified atom stereocenters. The fourth-order valence-corrected chi connectivity index (χ4v) is 4.34. The topological polar surface area (TPSA) is 92.3 Å². The van der Waals surface area contributed by atoms with Crippen molar-refractivity contribution in [2.24, 2.45) is 0 Å². The van der Waals surface area contributed by atoms with E-state index in [0.29, 0.717) is 11.6 Å². The first-order valence-electron chi connectivity index (χ1n) is 10.8. The molecule has 29 heavy (non-hydrogen) atoms. The molecule has 0 saturated carbocycles. The van der Waals surface area contributed by atoms with E-state index in [1.165, 1.54) is 19.3 Å². The molecule has 2 aliphatic rings. The van der Waals surface area contributed by atoms with Gasteiger partial charge in [0, 0.05) is 45.2 Å². The van der Waals surface area contributed by atoms with Crippen LogP contribution in [0.5, 0.6) is 0 Å². The van der Waals surface area contributed by atoms with Crippen LogP contribution in [0.25, 0.3) is 0 Å². The first-order valence-corrected chi connectivity index (χ1v) is 10.8. The van der Waals surface area contributed by atoms with Crippen molar-refractivity contribution in [3.63, 3.8) is 0 Å². The second kappa shape index (κ2) is 9.04. The second-order valence-electron chi connectivity index (χ2n) is 8.04. The Kier molecular flexibility index (Phi) is 6.25. The number of aromatic nitrogens is 4. The summed E-state index contributed by atoms with van der Waals surface area (Å²) in [5.41, 5.74) is 0. The summed E-state index contributed by atoms with van der Waals surface area (Å²) >= 11 is 0. The lowest BCUT2D eigenvalue weighted by Gasteiger charge is -2.38. The third kappa shape index (κ3) is 4.67. The number of rotatable bonds is 6. The zero-order valence-electron chi connectivity index (χ0n) is 17.4. The summed E-state index contributed by atoms with van der Waals surface area (Å²) in [5.74, 6) is 3.38. The normalized spacial score (nSPS) is 19.5. The van der Waals surface area contributed by atoms with Gasteiger partial charge in [-0.05, 0) is 26.2 Å². The number of carbonyl (C=O) groups excluding carboxylic acids is 1. The highest BCUT2D eigenvalue weighted by Gasteiger charge is 2.29.